The molecule has 48 valence electrons. The van der Waals surface area contributed by atoms with E-state index in [2.05, 4.69) is 0 Å². The molecule has 9 heavy (non-hydrogen) atoms. The van der Waals surface area contributed by atoms with Gasteiger partial charge in [-0.2, -0.15) is 0 Å². The summed E-state index contributed by atoms with van der Waals surface area (Å²) < 4.78 is 2.54. The van der Waals surface area contributed by atoms with Crippen molar-refractivity contribution in [2.45, 2.75) is 17.0 Å². The second-order valence-electron chi connectivity index (χ2n) is 2.30. The standard InChI is InChI=1S/C5H8.CHO2.In/c1-3-5-4-2;2-1-3;/h1,3H,2,4-5H2;(H,2,3);. The van der Waals surface area contributed by atoms with E-state index in [0.29, 0.717) is 0 Å². The molecule has 0 bridgehead atoms. The molecule has 3 heteroatoms. The molecule has 0 aromatic heterocycles. The van der Waals surface area contributed by atoms with Crippen LogP contribution in [0, 0.1) is 0 Å². The van der Waals surface area contributed by atoms with Crippen LogP contribution in [0.4, 0.5) is 4.79 Å². The van der Waals surface area contributed by atoms with Crippen LogP contribution in [0.5, 0.6) is 0 Å². The van der Waals surface area contributed by atoms with E-state index in [1.165, 1.54) is 0 Å². The molecular formula is C6H9InO2. The summed E-state index contributed by atoms with van der Waals surface area (Å²) in [5, 5.41) is 8.58. The normalized spacial score (nSPS) is 18.0. The Labute approximate surface area is 62.1 Å². The van der Waals surface area contributed by atoms with E-state index in [4.69, 9.17) is 5.11 Å². The third kappa shape index (κ3) is 2.05. The molecule has 0 aliphatic carbocycles. The Morgan fingerprint density at radius 3 is 2.78 bits per heavy atom. The molecule has 0 aromatic carbocycles. The Kier molecular flexibility index (Phi) is 2.64. The first-order valence-corrected chi connectivity index (χ1v) is 9.08. The maximum atomic E-state index is 10.4. The van der Waals surface area contributed by atoms with Crippen molar-refractivity contribution in [3.63, 3.8) is 0 Å². The van der Waals surface area contributed by atoms with Crippen LogP contribution in [0.3, 0.4) is 0 Å². The van der Waals surface area contributed by atoms with Gasteiger partial charge in [-0.3, -0.25) is 0 Å². The Balaban J connectivity index is 2.50. The zero-order valence-electron chi connectivity index (χ0n) is 5.21. The second-order valence-corrected chi connectivity index (χ2v) is 9.92. The summed E-state index contributed by atoms with van der Waals surface area (Å²) in [5.41, 5.74) is 0. The van der Waals surface area contributed by atoms with Crippen molar-refractivity contribution in [3.05, 3.63) is 9.91 Å². The van der Waals surface area contributed by atoms with E-state index in [-0.39, 0.29) is 0 Å². The molecule has 1 N–H and O–H groups in total. The van der Waals surface area contributed by atoms with Gasteiger partial charge in [-0.15, -0.1) is 0 Å². The molecular weight excluding hydrogens is 219 g/mol. The van der Waals surface area contributed by atoms with Crippen molar-refractivity contribution >= 4 is 25.2 Å². The topological polar surface area (TPSA) is 37.3 Å². The van der Waals surface area contributed by atoms with Crippen LogP contribution in [0.1, 0.15) is 12.8 Å². The van der Waals surface area contributed by atoms with Crippen molar-refractivity contribution in [1.82, 2.24) is 0 Å². The summed E-state index contributed by atoms with van der Waals surface area (Å²) in [6.07, 6.45) is 4.25. The number of carboxylic acid groups (broad SMARTS) is 1. The fourth-order valence-corrected chi connectivity index (χ4v) is 6.16. The predicted octanol–water partition coefficient (Wildman–Crippen LogP) is 1.63. The molecule has 2 nitrogen and oxygen atoms in total. The van der Waals surface area contributed by atoms with Crippen LogP contribution in [0.2, 0.25) is 4.18 Å². The van der Waals surface area contributed by atoms with Crippen molar-refractivity contribution in [1.29, 1.82) is 0 Å². The molecule has 1 aliphatic rings. The number of carbonyl (C=O) groups is 1. The van der Waals surface area contributed by atoms with E-state index in [1.807, 2.05) is 9.91 Å². The first-order valence-electron chi connectivity index (χ1n) is 3.20. The van der Waals surface area contributed by atoms with Crippen LogP contribution >= 0.6 is 0 Å². The van der Waals surface area contributed by atoms with Crippen molar-refractivity contribution in [2.24, 2.45) is 0 Å². The van der Waals surface area contributed by atoms with Gasteiger partial charge in [0, 0.05) is 0 Å². The van der Waals surface area contributed by atoms with E-state index in [1.54, 1.807) is 0 Å². The first kappa shape index (κ1) is 7.19. The Bertz CT molecular complexity index is 142. The Morgan fingerprint density at radius 2 is 2.44 bits per heavy atom. The van der Waals surface area contributed by atoms with E-state index < -0.39 is 25.2 Å². The molecule has 0 fully saturated rings. The fourth-order valence-electron chi connectivity index (χ4n) is 1.02. The summed E-state index contributed by atoms with van der Waals surface area (Å²) in [6.45, 7) is 0. The van der Waals surface area contributed by atoms with Crippen LogP contribution in [-0.2, 0) is 0 Å². The SMILES string of the molecule is O=[C](O)[In]1[CH]=CCC[CH2]1. The third-order valence-corrected chi connectivity index (χ3v) is 8.43. The van der Waals surface area contributed by atoms with E-state index in [9.17, 15) is 4.79 Å². The molecule has 0 spiro atoms. The van der Waals surface area contributed by atoms with E-state index in [0.717, 1.165) is 17.0 Å². The van der Waals surface area contributed by atoms with Gasteiger partial charge in [-0.05, 0) is 0 Å². The summed E-state index contributed by atoms with van der Waals surface area (Å²) in [5.74, 6) is 0. The van der Waals surface area contributed by atoms with Crippen LogP contribution in [0.15, 0.2) is 9.91 Å². The van der Waals surface area contributed by atoms with Crippen molar-refractivity contribution in [3.8, 4) is 0 Å². The molecule has 1 rings (SSSR count). The van der Waals surface area contributed by atoms with Crippen molar-refractivity contribution < 1.29 is 9.90 Å². The van der Waals surface area contributed by atoms with Gasteiger partial charge in [0.05, 0.1) is 0 Å². The van der Waals surface area contributed by atoms with Crippen molar-refractivity contribution in [2.75, 3.05) is 0 Å². The number of allylic oxidation sites excluding steroid dienone is 1. The van der Waals surface area contributed by atoms with Crippen LogP contribution in [0.25, 0.3) is 0 Å². The average molecular weight is 228 g/mol. The van der Waals surface area contributed by atoms with Crippen LogP contribution < -0.4 is 0 Å². The minimum absolute atomic E-state index is 0.479. The van der Waals surface area contributed by atoms with Gasteiger partial charge in [0.2, 0.25) is 0 Å². The summed E-state index contributed by atoms with van der Waals surface area (Å²) >= 11 is -2.11. The van der Waals surface area contributed by atoms with Gasteiger partial charge < -0.3 is 0 Å². The fraction of sp³-hybridized carbons (Fsp3) is 0.500. The van der Waals surface area contributed by atoms with E-state index >= 15 is 0 Å². The van der Waals surface area contributed by atoms with Gasteiger partial charge >= 0.3 is 62.0 Å². The number of hydrogen-bond donors (Lipinski definition) is 1. The molecule has 0 saturated carbocycles. The quantitative estimate of drug-likeness (QED) is 0.740. The third-order valence-electron chi connectivity index (χ3n) is 1.57. The molecule has 0 saturated heterocycles. The summed E-state index contributed by atoms with van der Waals surface area (Å²) in [6, 6.07) is 0. The predicted molar refractivity (Wildman–Crippen MR) is 37.0 cm³/mol. The first-order chi connectivity index (χ1) is 4.30. The molecule has 1 aliphatic heterocycles. The Hall–Kier alpha value is 0.0801. The number of rotatable bonds is 1. The molecule has 0 aromatic rings. The van der Waals surface area contributed by atoms with Gasteiger partial charge in [0.1, 0.15) is 0 Å². The zero-order chi connectivity index (χ0) is 6.69. The summed E-state index contributed by atoms with van der Waals surface area (Å²) in [7, 11) is 0. The molecule has 0 amide bonds. The number of hydrogen-bond acceptors (Lipinski definition) is 1. The minimum atomic E-state index is -2.11. The molecule has 0 unspecified atom stereocenters. The van der Waals surface area contributed by atoms with Gasteiger partial charge in [0.15, 0.2) is 0 Å². The van der Waals surface area contributed by atoms with Gasteiger partial charge in [0.25, 0.3) is 0 Å². The average Bonchev–Trinajstić information content (AvgIpc) is 1.90. The molecule has 0 atom stereocenters. The molecule has 0 radical (unpaired) electrons. The monoisotopic (exact) mass is 228 g/mol. The Morgan fingerprint density at radius 1 is 1.67 bits per heavy atom. The molecule has 1 heterocycles. The second kappa shape index (κ2) is 3.30. The zero-order valence-corrected chi connectivity index (χ0v) is 8.50. The summed E-state index contributed by atoms with van der Waals surface area (Å²) in [4.78, 5) is 10.4. The van der Waals surface area contributed by atoms with Gasteiger partial charge in [-0.25, -0.2) is 0 Å². The van der Waals surface area contributed by atoms with Gasteiger partial charge in [-0.1, -0.05) is 0 Å². The van der Waals surface area contributed by atoms with Crippen LogP contribution in [-0.4, -0.2) is 30.3 Å². The maximum absolute atomic E-state index is 10.4.